The molecule has 2 rings (SSSR count). The van der Waals surface area contributed by atoms with Gasteiger partial charge in [0.05, 0.1) is 17.1 Å². The number of nitrogens with one attached hydrogen (secondary N) is 3. The molecule has 0 fully saturated rings. The number of amides is 1. The minimum Gasteiger partial charge on any atom is -0.444 e. The van der Waals surface area contributed by atoms with E-state index < -0.39 is 5.60 Å². The molecule has 0 saturated carbocycles. The van der Waals surface area contributed by atoms with Gasteiger partial charge in [0.1, 0.15) is 11.4 Å². The number of ether oxygens (including phenoxy) is 1. The quantitative estimate of drug-likeness (QED) is 0.466. The molecular formula is C20H30N4O2. The molecule has 0 bridgehead atoms. The van der Waals surface area contributed by atoms with E-state index in [1.54, 1.807) is 0 Å². The van der Waals surface area contributed by atoms with Crippen LogP contribution in [0.2, 0.25) is 0 Å². The molecule has 0 aliphatic heterocycles. The van der Waals surface area contributed by atoms with Crippen LogP contribution in [-0.4, -0.2) is 34.8 Å². The summed E-state index contributed by atoms with van der Waals surface area (Å²) in [6.45, 7) is 10.9. The lowest BCUT2D eigenvalue weighted by molar-refractivity contribution is 0.0527. The second kappa shape index (κ2) is 9.38. The van der Waals surface area contributed by atoms with Crippen molar-refractivity contribution in [1.29, 1.82) is 0 Å². The average molecular weight is 358 g/mol. The Kier molecular flexibility index (Phi) is 7.21. The maximum atomic E-state index is 11.6. The fourth-order valence-corrected chi connectivity index (χ4v) is 2.63. The Labute approximate surface area is 155 Å². The first kappa shape index (κ1) is 20.0. The van der Waals surface area contributed by atoms with Gasteiger partial charge in [-0.15, -0.1) is 6.58 Å². The summed E-state index contributed by atoms with van der Waals surface area (Å²) in [6, 6.07) is 8.12. The highest BCUT2D eigenvalue weighted by atomic mass is 16.6. The Morgan fingerprint density at radius 2 is 2.04 bits per heavy atom. The third-order valence-corrected chi connectivity index (χ3v) is 3.80. The van der Waals surface area contributed by atoms with E-state index in [4.69, 9.17) is 4.74 Å². The first-order chi connectivity index (χ1) is 12.4. The number of benzene rings is 1. The van der Waals surface area contributed by atoms with Crippen molar-refractivity contribution >= 4 is 17.1 Å². The summed E-state index contributed by atoms with van der Waals surface area (Å²) < 4.78 is 5.21. The van der Waals surface area contributed by atoms with Crippen LogP contribution in [0.5, 0.6) is 0 Å². The van der Waals surface area contributed by atoms with Crippen LogP contribution in [0.25, 0.3) is 11.0 Å². The maximum absolute atomic E-state index is 11.6. The fraction of sp³-hybridized carbons (Fsp3) is 0.500. The molecule has 1 atom stereocenters. The highest BCUT2D eigenvalue weighted by molar-refractivity contribution is 5.74. The summed E-state index contributed by atoms with van der Waals surface area (Å²) in [5, 5.41) is 6.29. The van der Waals surface area contributed by atoms with Gasteiger partial charge in [-0.2, -0.15) is 0 Å². The predicted molar refractivity (Wildman–Crippen MR) is 105 cm³/mol. The molecule has 1 aromatic heterocycles. The van der Waals surface area contributed by atoms with Crippen LogP contribution in [0.4, 0.5) is 4.79 Å². The van der Waals surface area contributed by atoms with Crippen LogP contribution in [0.15, 0.2) is 36.9 Å². The van der Waals surface area contributed by atoms with Gasteiger partial charge in [0.15, 0.2) is 0 Å². The Morgan fingerprint density at radius 3 is 2.73 bits per heavy atom. The van der Waals surface area contributed by atoms with Crippen molar-refractivity contribution in [3.8, 4) is 0 Å². The van der Waals surface area contributed by atoms with Crippen molar-refractivity contribution in [3.05, 3.63) is 42.7 Å². The highest BCUT2D eigenvalue weighted by Gasteiger charge is 2.16. The minimum absolute atomic E-state index is 0.110. The normalized spacial score (nSPS) is 12.7. The second-order valence-corrected chi connectivity index (χ2v) is 7.31. The monoisotopic (exact) mass is 358 g/mol. The fourth-order valence-electron chi connectivity index (χ4n) is 2.63. The predicted octanol–water partition coefficient (Wildman–Crippen LogP) is 4.07. The summed E-state index contributed by atoms with van der Waals surface area (Å²) >= 11 is 0. The summed E-state index contributed by atoms with van der Waals surface area (Å²) in [5.41, 5.74) is 1.55. The molecule has 0 spiro atoms. The number of nitrogens with zero attached hydrogens (tertiary/aromatic N) is 1. The van der Waals surface area contributed by atoms with Crippen molar-refractivity contribution in [2.45, 2.75) is 51.7 Å². The van der Waals surface area contributed by atoms with Crippen LogP contribution in [0.3, 0.4) is 0 Å². The first-order valence-corrected chi connectivity index (χ1v) is 9.15. The molecule has 1 aromatic carbocycles. The van der Waals surface area contributed by atoms with Crippen LogP contribution in [0.1, 0.15) is 51.9 Å². The summed E-state index contributed by atoms with van der Waals surface area (Å²) in [5.74, 6) is 0.929. The standard InChI is InChI=1S/C20H30N4O2/c1-5-10-17(18-23-15-11-6-7-12-16(15)24-18)21-13-8-9-14-22-19(25)26-20(2,3)4/h5-7,11-12,17,21H,1,8-10,13-14H2,2-4H3,(H,22,25)(H,23,24). The zero-order valence-corrected chi connectivity index (χ0v) is 16.0. The molecule has 6 nitrogen and oxygen atoms in total. The van der Waals surface area contributed by atoms with Crippen molar-refractivity contribution in [2.24, 2.45) is 0 Å². The number of carbonyl (C=O) groups is 1. The summed E-state index contributed by atoms with van der Waals surface area (Å²) in [4.78, 5) is 19.6. The van der Waals surface area contributed by atoms with Gasteiger partial charge in [0.25, 0.3) is 0 Å². The number of aromatic amines is 1. The molecule has 1 unspecified atom stereocenters. The largest absolute Gasteiger partial charge is 0.444 e. The number of aromatic nitrogens is 2. The van der Waals surface area contributed by atoms with Crippen LogP contribution in [0, 0.1) is 0 Å². The third-order valence-electron chi connectivity index (χ3n) is 3.80. The number of hydrogen-bond donors (Lipinski definition) is 3. The Bertz CT molecular complexity index is 685. The molecule has 26 heavy (non-hydrogen) atoms. The van der Waals surface area contributed by atoms with Gasteiger partial charge in [-0.05, 0) is 58.7 Å². The van der Waals surface area contributed by atoms with E-state index in [9.17, 15) is 4.79 Å². The molecule has 2 aromatic rings. The summed E-state index contributed by atoms with van der Waals surface area (Å²) in [6.07, 6.45) is 4.17. The van der Waals surface area contributed by atoms with Gasteiger partial charge in [0, 0.05) is 6.54 Å². The van der Waals surface area contributed by atoms with Crippen molar-refractivity contribution in [3.63, 3.8) is 0 Å². The third kappa shape index (κ3) is 6.52. The molecular weight excluding hydrogens is 328 g/mol. The lowest BCUT2D eigenvalue weighted by atomic mass is 10.2. The van der Waals surface area contributed by atoms with Crippen LogP contribution < -0.4 is 10.6 Å². The molecule has 0 aliphatic carbocycles. The first-order valence-electron chi connectivity index (χ1n) is 9.15. The lowest BCUT2D eigenvalue weighted by Crippen LogP contribution is -2.33. The number of alkyl carbamates (subject to hydrolysis) is 1. The van der Waals surface area contributed by atoms with E-state index in [1.165, 1.54) is 0 Å². The Balaban J connectivity index is 1.73. The van der Waals surface area contributed by atoms with Crippen LogP contribution in [-0.2, 0) is 4.74 Å². The van der Waals surface area contributed by atoms with Gasteiger partial charge < -0.3 is 20.4 Å². The number of imidazole rings is 1. The van der Waals surface area contributed by atoms with E-state index >= 15 is 0 Å². The molecule has 1 amide bonds. The lowest BCUT2D eigenvalue weighted by Gasteiger charge is -2.19. The average Bonchev–Trinajstić information content (AvgIpc) is 2.99. The van der Waals surface area contributed by atoms with Crippen molar-refractivity contribution < 1.29 is 9.53 Å². The molecule has 3 N–H and O–H groups in total. The molecule has 6 heteroatoms. The van der Waals surface area contributed by atoms with E-state index in [1.807, 2.05) is 51.1 Å². The molecule has 0 saturated heterocycles. The number of rotatable bonds is 9. The van der Waals surface area contributed by atoms with E-state index in [2.05, 4.69) is 27.2 Å². The van der Waals surface area contributed by atoms with E-state index in [-0.39, 0.29) is 12.1 Å². The van der Waals surface area contributed by atoms with Gasteiger partial charge >= 0.3 is 6.09 Å². The van der Waals surface area contributed by atoms with Crippen molar-refractivity contribution in [1.82, 2.24) is 20.6 Å². The number of H-pyrrole nitrogens is 1. The van der Waals surface area contributed by atoms with Gasteiger partial charge in [-0.25, -0.2) is 9.78 Å². The van der Waals surface area contributed by atoms with Crippen LogP contribution >= 0.6 is 0 Å². The highest BCUT2D eigenvalue weighted by Crippen LogP contribution is 2.18. The molecule has 1 heterocycles. The number of carbonyl (C=O) groups excluding carboxylic acids is 1. The number of fused-ring (bicyclic) bond motifs is 1. The van der Waals surface area contributed by atoms with Crippen molar-refractivity contribution in [2.75, 3.05) is 13.1 Å². The van der Waals surface area contributed by atoms with E-state index in [0.29, 0.717) is 6.54 Å². The molecule has 0 radical (unpaired) electrons. The number of hydrogen-bond acceptors (Lipinski definition) is 4. The van der Waals surface area contributed by atoms with Gasteiger partial charge in [-0.1, -0.05) is 18.2 Å². The zero-order valence-electron chi connectivity index (χ0n) is 16.0. The SMILES string of the molecule is C=CCC(NCCCCNC(=O)OC(C)(C)C)c1nc2ccccc2[nH]1. The van der Waals surface area contributed by atoms with Gasteiger partial charge in [0.2, 0.25) is 0 Å². The topological polar surface area (TPSA) is 79.0 Å². The molecule has 0 aliphatic rings. The number of para-hydroxylation sites is 2. The minimum atomic E-state index is -0.462. The number of unbranched alkanes of at least 4 members (excludes halogenated alkanes) is 1. The van der Waals surface area contributed by atoms with E-state index in [0.717, 1.165) is 42.7 Å². The smallest absolute Gasteiger partial charge is 0.407 e. The Morgan fingerprint density at radius 1 is 1.31 bits per heavy atom. The van der Waals surface area contributed by atoms with Gasteiger partial charge in [-0.3, -0.25) is 0 Å². The summed E-state index contributed by atoms with van der Waals surface area (Å²) in [7, 11) is 0. The maximum Gasteiger partial charge on any atom is 0.407 e. The second-order valence-electron chi connectivity index (χ2n) is 7.31. The Hall–Kier alpha value is -2.34. The zero-order chi connectivity index (χ0) is 19.0. The molecule has 142 valence electrons.